The summed E-state index contributed by atoms with van der Waals surface area (Å²) in [6, 6.07) is 0. The van der Waals surface area contributed by atoms with Crippen molar-refractivity contribution in [1.82, 2.24) is 9.97 Å². The zero-order chi connectivity index (χ0) is 10.6. The lowest BCUT2D eigenvalue weighted by Crippen LogP contribution is -2.39. The third kappa shape index (κ3) is 2.27. The molecule has 0 aliphatic heterocycles. The lowest BCUT2D eigenvalue weighted by atomic mass is 9.77. The van der Waals surface area contributed by atoms with E-state index in [-0.39, 0.29) is 5.92 Å². The smallest absolute Gasteiger partial charge is 0.264 e. The van der Waals surface area contributed by atoms with Crippen LogP contribution in [0.2, 0.25) is 0 Å². The Kier molecular flexibility index (Phi) is 3.96. The summed E-state index contributed by atoms with van der Waals surface area (Å²) in [5.41, 5.74) is 1.04. The van der Waals surface area contributed by atoms with Gasteiger partial charge in [0.15, 0.2) is 0 Å². The molecule has 0 saturated carbocycles. The monoisotopic (exact) mass is 198 g/mol. The average molecular weight is 198 g/mol. The third-order valence-corrected chi connectivity index (χ3v) is 1.77. The van der Waals surface area contributed by atoms with E-state index in [0.717, 1.165) is 0 Å². The van der Waals surface area contributed by atoms with Gasteiger partial charge in [-0.1, -0.05) is 13.8 Å². The summed E-state index contributed by atoms with van der Waals surface area (Å²) in [5, 5.41) is 16.9. The minimum absolute atomic E-state index is 0.112. The first-order valence-corrected chi connectivity index (χ1v) is 4.11. The number of rotatable bonds is 4. The molecular formula is C7H11BN2O4. The van der Waals surface area contributed by atoms with Gasteiger partial charge in [-0.25, -0.2) is 9.97 Å². The second kappa shape index (κ2) is 5.01. The summed E-state index contributed by atoms with van der Waals surface area (Å²) in [7, 11) is -1.27. The fraction of sp³-hybridized carbons (Fsp3) is 0.429. The summed E-state index contributed by atoms with van der Waals surface area (Å²) in [4.78, 5) is 15.6. The zero-order valence-corrected chi connectivity index (χ0v) is 7.91. The molecule has 0 saturated heterocycles. The zero-order valence-electron chi connectivity index (χ0n) is 7.91. The minimum atomic E-state index is -1.27. The van der Waals surface area contributed by atoms with Gasteiger partial charge >= 0.3 is 7.12 Å². The van der Waals surface area contributed by atoms with Crippen LogP contribution in [0.1, 0.15) is 25.5 Å². The molecule has 0 amide bonds. The van der Waals surface area contributed by atoms with Gasteiger partial charge in [0, 0.05) is 17.4 Å². The summed E-state index contributed by atoms with van der Waals surface area (Å²) in [6.45, 7) is 3.83. The van der Waals surface area contributed by atoms with Crippen molar-refractivity contribution >= 4 is 12.6 Å². The van der Waals surface area contributed by atoms with Crippen LogP contribution < -0.4 is 5.46 Å². The first kappa shape index (κ1) is 11.1. The van der Waals surface area contributed by atoms with Gasteiger partial charge < -0.3 is 0 Å². The Morgan fingerprint density at radius 3 is 2.50 bits per heavy atom. The molecule has 2 N–H and O–H groups in total. The van der Waals surface area contributed by atoms with Gasteiger partial charge in [-0.3, -0.25) is 20.1 Å². The largest absolute Gasteiger partial charge is 0.557 e. The van der Waals surface area contributed by atoms with Crippen LogP contribution in [-0.4, -0.2) is 27.6 Å². The normalized spacial score (nSPS) is 10.6. The number of hydrogen-bond acceptors (Lipinski definition) is 6. The average Bonchev–Trinajstić information content (AvgIpc) is 2.20. The molecule has 0 fully saturated rings. The van der Waals surface area contributed by atoms with E-state index in [4.69, 9.17) is 10.5 Å². The number of nitrogens with zero attached hydrogens (tertiary/aromatic N) is 2. The maximum Gasteiger partial charge on any atom is 0.557 e. The first-order valence-electron chi connectivity index (χ1n) is 4.11. The van der Waals surface area contributed by atoms with E-state index in [0.29, 0.717) is 11.2 Å². The minimum Gasteiger partial charge on any atom is -0.264 e. The van der Waals surface area contributed by atoms with Crippen LogP contribution in [0.4, 0.5) is 0 Å². The second-order valence-electron chi connectivity index (χ2n) is 3.06. The lowest BCUT2D eigenvalue weighted by molar-refractivity contribution is -0.221. The van der Waals surface area contributed by atoms with Crippen LogP contribution in [0.15, 0.2) is 12.5 Å². The number of hydrogen-bond donors (Lipinski definition) is 2. The van der Waals surface area contributed by atoms with E-state index in [2.05, 4.69) is 19.6 Å². The van der Waals surface area contributed by atoms with Crippen molar-refractivity contribution in [2.45, 2.75) is 19.8 Å². The van der Waals surface area contributed by atoms with Crippen molar-refractivity contribution < 1.29 is 20.1 Å². The summed E-state index contributed by atoms with van der Waals surface area (Å²) in [6.07, 6.45) is 2.80. The highest BCUT2D eigenvalue weighted by Gasteiger charge is 2.27. The second-order valence-corrected chi connectivity index (χ2v) is 3.06. The van der Waals surface area contributed by atoms with Crippen LogP contribution in [-0.2, 0) is 9.61 Å². The van der Waals surface area contributed by atoms with Crippen LogP contribution in [0.5, 0.6) is 0 Å². The Labute approximate surface area is 81.5 Å². The van der Waals surface area contributed by atoms with Crippen LogP contribution in [0.25, 0.3) is 0 Å². The van der Waals surface area contributed by atoms with Crippen molar-refractivity contribution in [2.24, 2.45) is 0 Å². The molecule has 0 bridgehead atoms. The topological polar surface area (TPSA) is 84.7 Å². The molecule has 1 aromatic rings. The molecule has 6 nitrogen and oxygen atoms in total. The maximum atomic E-state index is 8.45. The lowest BCUT2D eigenvalue weighted by Gasteiger charge is -2.11. The van der Waals surface area contributed by atoms with Crippen molar-refractivity contribution in [3.8, 4) is 0 Å². The number of aromatic nitrogens is 2. The quantitative estimate of drug-likeness (QED) is 0.410. The van der Waals surface area contributed by atoms with Gasteiger partial charge in [0.25, 0.3) is 0 Å². The molecule has 0 radical (unpaired) electrons. The highest BCUT2D eigenvalue weighted by molar-refractivity contribution is 6.61. The molecule has 7 heteroatoms. The molecule has 0 atom stereocenters. The van der Waals surface area contributed by atoms with Gasteiger partial charge in [-0.2, -0.15) is 0 Å². The van der Waals surface area contributed by atoms with Gasteiger partial charge in [0.05, 0.1) is 0 Å². The molecule has 0 aliphatic rings. The van der Waals surface area contributed by atoms with Crippen molar-refractivity contribution in [3.05, 3.63) is 18.2 Å². The Morgan fingerprint density at radius 1 is 1.36 bits per heavy atom. The molecule has 1 aromatic heterocycles. The van der Waals surface area contributed by atoms with Crippen molar-refractivity contribution in [2.75, 3.05) is 0 Å². The molecule has 0 aliphatic carbocycles. The van der Waals surface area contributed by atoms with Crippen molar-refractivity contribution in [3.63, 3.8) is 0 Å². The molecule has 0 unspecified atom stereocenters. The van der Waals surface area contributed by atoms with Crippen LogP contribution >= 0.6 is 0 Å². The van der Waals surface area contributed by atoms with E-state index in [1.54, 1.807) is 0 Å². The van der Waals surface area contributed by atoms with E-state index in [9.17, 15) is 0 Å². The van der Waals surface area contributed by atoms with Gasteiger partial charge in [-0.15, -0.1) is 0 Å². The summed E-state index contributed by atoms with van der Waals surface area (Å²) >= 11 is 0. The Balaban J connectivity index is 3.05. The third-order valence-electron chi connectivity index (χ3n) is 1.77. The summed E-state index contributed by atoms with van der Waals surface area (Å²) in [5.74, 6) is 0.112. The highest BCUT2D eigenvalue weighted by atomic mass is 17.2. The molecule has 14 heavy (non-hydrogen) atoms. The Morgan fingerprint density at radius 2 is 2.00 bits per heavy atom. The van der Waals surface area contributed by atoms with Gasteiger partial charge in [-0.05, 0) is 5.92 Å². The maximum absolute atomic E-state index is 8.45. The standard InChI is InChI=1S/C7H11BN2O4/c1-5(2)7-6(3-9-4-10-7)8(13-11)14-12/h3-5,11-12H,1-2H3. The van der Waals surface area contributed by atoms with Gasteiger partial charge in [0.2, 0.25) is 0 Å². The van der Waals surface area contributed by atoms with E-state index in [1.165, 1.54) is 12.5 Å². The van der Waals surface area contributed by atoms with Gasteiger partial charge in [0.1, 0.15) is 6.33 Å². The Bertz CT molecular complexity index is 293. The predicted octanol–water partition coefficient (Wildman–Crippen LogP) is 0.274. The molecule has 1 heterocycles. The predicted molar refractivity (Wildman–Crippen MR) is 48.9 cm³/mol. The van der Waals surface area contributed by atoms with Crippen LogP contribution in [0, 0.1) is 0 Å². The molecule has 0 aromatic carbocycles. The molecular weight excluding hydrogens is 187 g/mol. The fourth-order valence-corrected chi connectivity index (χ4v) is 1.15. The first-order chi connectivity index (χ1) is 6.70. The van der Waals surface area contributed by atoms with E-state index < -0.39 is 7.12 Å². The van der Waals surface area contributed by atoms with E-state index in [1.807, 2.05) is 13.8 Å². The Hall–Kier alpha value is -1.02. The molecule has 0 spiro atoms. The molecule has 1 rings (SSSR count). The van der Waals surface area contributed by atoms with E-state index >= 15 is 0 Å². The summed E-state index contributed by atoms with van der Waals surface area (Å²) < 4.78 is 0. The fourth-order valence-electron chi connectivity index (χ4n) is 1.15. The SMILES string of the molecule is CC(C)c1ncncc1B(OO)OO. The van der Waals surface area contributed by atoms with Crippen LogP contribution in [0.3, 0.4) is 0 Å². The molecule has 76 valence electrons. The van der Waals surface area contributed by atoms with Crippen molar-refractivity contribution in [1.29, 1.82) is 0 Å². The highest BCUT2D eigenvalue weighted by Crippen LogP contribution is 2.08.